The average Bonchev–Trinajstić information content (AvgIpc) is 2.89. The van der Waals surface area contributed by atoms with E-state index in [1.807, 2.05) is 39.0 Å². The summed E-state index contributed by atoms with van der Waals surface area (Å²) in [5.74, 6) is -0.551. The van der Waals surface area contributed by atoms with Crippen LogP contribution >= 0.6 is 27.5 Å². The van der Waals surface area contributed by atoms with E-state index in [0.29, 0.717) is 22.6 Å². The highest BCUT2D eigenvalue weighted by molar-refractivity contribution is 9.10. The number of carbonyl (C=O) groups excluding carboxylic acids is 2. The van der Waals surface area contributed by atoms with Crippen molar-refractivity contribution in [3.05, 3.63) is 122 Å². The van der Waals surface area contributed by atoms with Gasteiger partial charge in [-0.05, 0) is 91.6 Å². The van der Waals surface area contributed by atoms with Gasteiger partial charge < -0.3 is 9.30 Å². The Hall–Kier alpha value is -3.55. The number of rotatable bonds is 8. The quantitative estimate of drug-likeness (QED) is 0.204. The van der Waals surface area contributed by atoms with Gasteiger partial charge in [0.1, 0.15) is 5.60 Å². The minimum Gasteiger partial charge on any atom is -0.456 e. The molecule has 0 fully saturated rings. The highest BCUT2D eigenvalue weighted by atomic mass is 79.9. The van der Waals surface area contributed by atoms with Crippen molar-refractivity contribution in [1.82, 2.24) is 9.55 Å². The molecule has 8 heteroatoms. The molecule has 6 nitrogen and oxygen atoms in total. The second-order valence-electron chi connectivity index (χ2n) is 10.2. The van der Waals surface area contributed by atoms with Crippen LogP contribution in [0.1, 0.15) is 48.3 Å². The lowest BCUT2D eigenvalue weighted by molar-refractivity contribution is -0.121. The average molecular weight is 608 g/mol. The van der Waals surface area contributed by atoms with E-state index in [0.717, 1.165) is 21.2 Å². The summed E-state index contributed by atoms with van der Waals surface area (Å²) in [6, 6.07) is 18.4. The Labute approximate surface area is 240 Å². The first-order chi connectivity index (χ1) is 18.5. The molecule has 0 spiro atoms. The first-order valence-electron chi connectivity index (χ1n) is 12.4. The molecule has 0 aliphatic carbocycles. The molecule has 1 atom stereocenters. The molecule has 4 rings (SSSR count). The van der Waals surface area contributed by atoms with Crippen molar-refractivity contribution in [2.75, 3.05) is 0 Å². The maximum Gasteiger partial charge on any atom is 0.338 e. The summed E-state index contributed by atoms with van der Waals surface area (Å²) < 4.78 is 7.70. The molecular weight excluding hydrogens is 580 g/mol. The Balaban J connectivity index is 1.62. The summed E-state index contributed by atoms with van der Waals surface area (Å²) in [4.78, 5) is 43.4. The lowest BCUT2D eigenvalue weighted by Gasteiger charge is -2.20. The highest BCUT2D eigenvalue weighted by Crippen LogP contribution is 2.30. The van der Waals surface area contributed by atoms with E-state index in [2.05, 4.69) is 20.9 Å². The Bertz CT molecular complexity index is 1540. The van der Waals surface area contributed by atoms with Crippen molar-refractivity contribution in [2.24, 2.45) is 0 Å². The molecule has 4 aromatic rings. The van der Waals surface area contributed by atoms with E-state index >= 15 is 0 Å². The fourth-order valence-corrected chi connectivity index (χ4v) is 4.81. The van der Waals surface area contributed by atoms with E-state index in [9.17, 15) is 14.4 Å². The molecule has 2 aromatic heterocycles. The van der Waals surface area contributed by atoms with Crippen molar-refractivity contribution in [3.63, 3.8) is 0 Å². The van der Waals surface area contributed by atoms with E-state index in [1.165, 1.54) is 10.6 Å². The molecule has 0 saturated carbocycles. The molecule has 0 aliphatic heterocycles. The van der Waals surface area contributed by atoms with Crippen LogP contribution < -0.4 is 5.56 Å². The molecule has 1 unspecified atom stereocenters. The number of benzene rings is 2. The number of Topliss-reactive ketones (excluding diaryl/α,β-unsaturated/α-hetero) is 1. The highest BCUT2D eigenvalue weighted by Gasteiger charge is 2.23. The van der Waals surface area contributed by atoms with Crippen LogP contribution in [-0.4, -0.2) is 26.9 Å². The van der Waals surface area contributed by atoms with Crippen LogP contribution in [0.4, 0.5) is 0 Å². The van der Waals surface area contributed by atoms with Crippen LogP contribution in [0.2, 0.25) is 5.02 Å². The van der Waals surface area contributed by atoms with Crippen LogP contribution in [0, 0.1) is 0 Å². The molecule has 0 bridgehead atoms. The zero-order valence-electron chi connectivity index (χ0n) is 21.9. The molecule has 2 aromatic carbocycles. The number of nitrogens with zero attached hydrogens (tertiary/aromatic N) is 2. The molecule has 0 N–H and O–H groups in total. The molecule has 0 radical (unpaired) electrons. The van der Waals surface area contributed by atoms with Crippen molar-refractivity contribution in [1.29, 1.82) is 0 Å². The first-order valence-corrected chi connectivity index (χ1v) is 13.6. The summed E-state index contributed by atoms with van der Waals surface area (Å²) in [5.41, 5.74) is 2.61. The predicted octanol–water partition coefficient (Wildman–Crippen LogP) is 6.88. The van der Waals surface area contributed by atoms with Gasteiger partial charge in [0, 0.05) is 47.0 Å². The third-order valence-electron chi connectivity index (χ3n) is 6.04. The van der Waals surface area contributed by atoms with Gasteiger partial charge in [0.05, 0.1) is 11.6 Å². The number of esters is 1. The Morgan fingerprint density at radius 1 is 0.974 bits per heavy atom. The number of pyridine rings is 2. The molecule has 0 saturated heterocycles. The third kappa shape index (κ3) is 7.52. The summed E-state index contributed by atoms with van der Waals surface area (Å²) in [7, 11) is 0. The van der Waals surface area contributed by atoms with Gasteiger partial charge in [-0.3, -0.25) is 14.6 Å². The minimum absolute atomic E-state index is 0.0956. The van der Waals surface area contributed by atoms with Crippen LogP contribution in [0.25, 0.3) is 11.1 Å². The normalized spacial score (nSPS) is 12.1. The minimum atomic E-state index is -0.734. The molecular formula is C31H28BrClN2O4. The number of ketones is 1. The number of carbonyl (C=O) groups is 2. The maximum atomic E-state index is 13.6. The van der Waals surface area contributed by atoms with Gasteiger partial charge in [-0.15, -0.1) is 0 Å². The third-order valence-corrected chi connectivity index (χ3v) is 6.97. The standard InChI is InChI=1S/C31H28BrClN2O4/c1-31(2,3)39-30(38)22-6-4-20(5-7-22)17-28(36)27(16-21-10-13-34-14-11-21)35-15-12-23(18-29(35)37)25-19-24(33)8-9-26(25)32/h4-15,18-19,27H,16-17H2,1-3H3. The Kier molecular flexibility index (Phi) is 8.83. The van der Waals surface area contributed by atoms with Gasteiger partial charge in [0.25, 0.3) is 5.56 Å². The lowest BCUT2D eigenvalue weighted by Crippen LogP contribution is -2.31. The molecule has 200 valence electrons. The van der Waals surface area contributed by atoms with Crippen molar-refractivity contribution >= 4 is 39.3 Å². The zero-order chi connectivity index (χ0) is 28.2. The lowest BCUT2D eigenvalue weighted by atomic mass is 9.97. The molecule has 0 amide bonds. The molecule has 0 aliphatic rings. The van der Waals surface area contributed by atoms with E-state index in [4.69, 9.17) is 16.3 Å². The van der Waals surface area contributed by atoms with Gasteiger partial charge in [-0.2, -0.15) is 0 Å². The van der Waals surface area contributed by atoms with Gasteiger partial charge >= 0.3 is 5.97 Å². The van der Waals surface area contributed by atoms with Gasteiger partial charge in [0.2, 0.25) is 0 Å². The fraction of sp³-hybridized carbons (Fsp3) is 0.226. The summed E-state index contributed by atoms with van der Waals surface area (Å²) in [6.07, 6.45) is 5.40. The van der Waals surface area contributed by atoms with E-state index in [-0.39, 0.29) is 17.8 Å². The van der Waals surface area contributed by atoms with Crippen LogP contribution in [0.5, 0.6) is 0 Å². The molecule has 2 heterocycles. The second-order valence-corrected chi connectivity index (χ2v) is 11.5. The zero-order valence-corrected chi connectivity index (χ0v) is 24.2. The summed E-state index contributed by atoms with van der Waals surface area (Å²) in [5, 5.41) is 0.556. The van der Waals surface area contributed by atoms with E-state index < -0.39 is 17.6 Å². The number of aromatic nitrogens is 2. The monoisotopic (exact) mass is 606 g/mol. The van der Waals surface area contributed by atoms with Crippen LogP contribution in [-0.2, 0) is 22.4 Å². The number of halogens is 2. The predicted molar refractivity (Wildman–Crippen MR) is 156 cm³/mol. The van der Waals surface area contributed by atoms with Gasteiger partial charge in [0.15, 0.2) is 5.78 Å². The first kappa shape index (κ1) is 28.5. The van der Waals surface area contributed by atoms with Crippen molar-refractivity contribution in [2.45, 2.75) is 45.3 Å². The Morgan fingerprint density at radius 2 is 1.67 bits per heavy atom. The number of ether oxygens (including phenoxy) is 1. The number of hydrogen-bond donors (Lipinski definition) is 0. The smallest absolute Gasteiger partial charge is 0.338 e. The van der Waals surface area contributed by atoms with Crippen LogP contribution in [0.3, 0.4) is 0 Å². The van der Waals surface area contributed by atoms with Gasteiger partial charge in [-0.1, -0.05) is 39.7 Å². The topological polar surface area (TPSA) is 78.3 Å². The summed E-state index contributed by atoms with van der Waals surface area (Å²) >= 11 is 9.69. The SMILES string of the molecule is CC(C)(C)OC(=O)c1ccc(CC(=O)C(Cc2ccncc2)n2ccc(-c3cc(Cl)ccc3Br)cc2=O)cc1. The van der Waals surface area contributed by atoms with Crippen molar-refractivity contribution < 1.29 is 14.3 Å². The van der Waals surface area contributed by atoms with Crippen molar-refractivity contribution in [3.8, 4) is 11.1 Å². The maximum absolute atomic E-state index is 13.6. The van der Waals surface area contributed by atoms with Crippen LogP contribution in [0.15, 0.2) is 94.6 Å². The molecule has 39 heavy (non-hydrogen) atoms. The second kappa shape index (κ2) is 12.1. The van der Waals surface area contributed by atoms with E-state index in [1.54, 1.807) is 61.1 Å². The Morgan fingerprint density at radius 3 is 2.31 bits per heavy atom. The van der Waals surface area contributed by atoms with Gasteiger partial charge in [-0.25, -0.2) is 4.79 Å². The summed E-state index contributed by atoms with van der Waals surface area (Å²) in [6.45, 7) is 5.43. The largest absolute Gasteiger partial charge is 0.456 e. The fourth-order valence-electron chi connectivity index (χ4n) is 4.16. The number of hydrogen-bond acceptors (Lipinski definition) is 5.